The predicted octanol–water partition coefficient (Wildman–Crippen LogP) is 2.18. The van der Waals surface area contributed by atoms with E-state index in [-0.39, 0.29) is 18.1 Å². The van der Waals surface area contributed by atoms with Crippen LogP contribution in [-0.4, -0.2) is 35.7 Å². The van der Waals surface area contributed by atoms with Crippen molar-refractivity contribution in [3.8, 4) is 6.07 Å². The zero-order valence-corrected chi connectivity index (χ0v) is 11.5. The zero-order valence-electron chi connectivity index (χ0n) is 11.5. The first-order chi connectivity index (χ1) is 9.60. The van der Waals surface area contributed by atoms with Gasteiger partial charge in [0.25, 0.3) is 0 Å². The number of nitrogens with zero attached hydrogens (tertiary/aromatic N) is 2. The summed E-state index contributed by atoms with van der Waals surface area (Å²) in [6, 6.07) is 8.56. The molecule has 106 valence electrons. The molecule has 0 bridgehead atoms. The van der Waals surface area contributed by atoms with Gasteiger partial charge in [-0.3, -0.25) is 0 Å². The van der Waals surface area contributed by atoms with E-state index >= 15 is 0 Å². The number of nitrogens with one attached hydrogen (secondary N) is 1. The molecular formula is C15H19N3O2. The molecule has 2 rings (SSSR count). The maximum Gasteiger partial charge on any atom is 0.321 e. The van der Waals surface area contributed by atoms with E-state index in [2.05, 4.69) is 5.32 Å². The van der Waals surface area contributed by atoms with Crippen LogP contribution in [0.15, 0.2) is 24.3 Å². The van der Waals surface area contributed by atoms with Crippen LogP contribution in [0, 0.1) is 17.2 Å². The normalized spacial score (nSPS) is 21.2. The molecule has 1 saturated carbocycles. The molecule has 5 nitrogen and oxygen atoms in total. The number of nitriles is 1. The van der Waals surface area contributed by atoms with E-state index in [1.54, 1.807) is 36.2 Å². The first-order valence-electron chi connectivity index (χ1n) is 6.80. The van der Waals surface area contributed by atoms with Crippen LogP contribution in [0.25, 0.3) is 0 Å². The third-order valence-electron chi connectivity index (χ3n) is 3.74. The molecule has 2 amide bonds. The Bertz CT molecular complexity index is 507. The van der Waals surface area contributed by atoms with Crippen LogP contribution < -0.4 is 5.32 Å². The number of benzene rings is 1. The third kappa shape index (κ3) is 3.49. The summed E-state index contributed by atoms with van der Waals surface area (Å²) in [4.78, 5) is 13.6. The molecule has 0 saturated heterocycles. The average molecular weight is 273 g/mol. The lowest BCUT2D eigenvalue weighted by Gasteiger charge is -2.23. The van der Waals surface area contributed by atoms with Crippen LogP contribution in [0.3, 0.4) is 0 Å². The standard InChI is InChI=1S/C15H19N3O2/c1-18(10-12-3-2-4-14(12)19)15(20)17-13-7-5-11(9-16)6-8-13/h5-8,12,14,19H,2-4,10H2,1H3,(H,17,20). The molecule has 5 heteroatoms. The highest BCUT2D eigenvalue weighted by atomic mass is 16.3. The maximum absolute atomic E-state index is 12.0. The summed E-state index contributed by atoms with van der Waals surface area (Å²) >= 11 is 0. The minimum atomic E-state index is -0.292. The number of urea groups is 1. The van der Waals surface area contributed by atoms with Gasteiger partial charge in [-0.05, 0) is 37.1 Å². The maximum atomic E-state index is 12.0. The summed E-state index contributed by atoms with van der Waals surface area (Å²) in [7, 11) is 1.73. The second-order valence-corrected chi connectivity index (χ2v) is 5.26. The first kappa shape index (κ1) is 14.4. The monoisotopic (exact) mass is 273 g/mol. The Hall–Kier alpha value is -2.06. The van der Waals surface area contributed by atoms with Crippen molar-refractivity contribution in [1.29, 1.82) is 5.26 Å². The Morgan fingerprint density at radius 1 is 1.45 bits per heavy atom. The Morgan fingerprint density at radius 2 is 2.15 bits per heavy atom. The number of carbonyl (C=O) groups is 1. The predicted molar refractivity (Wildman–Crippen MR) is 76.2 cm³/mol. The summed E-state index contributed by atoms with van der Waals surface area (Å²) in [5.41, 5.74) is 1.22. The van der Waals surface area contributed by atoms with Crippen molar-refractivity contribution in [2.75, 3.05) is 18.9 Å². The number of amides is 2. The van der Waals surface area contributed by atoms with Crippen molar-refractivity contribution in [2.45, 2.75) is 25.4 Å². The van der Waals surface area contributed by atoms with E-state index in [0.717, 1.165) is 19.3 Å². The molecule has 2 atom stereocenters. The van der Waals surface area contributed by atoms with Gasteiger partial charge in [0.05, 0.1) is 17.7 Å². The highest BCUT2D eigenvalue weighted by Crippen LogP contribution is 2.26. The number of hydrogen-bond donors (Lipinski definition) is 2. The average Bonchev–Trinajstić information content (AvgIpc) is 2.85. The van der Waals surface area contributed by atoms with E-state index in [9.17, 15) is 9.90 Å². The molecule has 0 heterocycles. The minimum absolute atomic E-state index is 0.173. The van der Waals surface area contributed by atoms with Crippen LogP contribution in [0.5, 0.6) is 0 Å². The molecule has 20 heavy (non-hydrogen) atoms. The van der Waals surface area contributed by atoms with Crippen molar-refractivity contribution in [2.24, 2.45) is 5.92 Å². The van der Waals surface area contributed by atoms with Gasteiger partial charge in [-0.2, -0.15) is 5.26 Å². The second kappa shape index (κ2) is 6.40. The number of aliphatic hydroxyl groups excluding tert-OH is 1. The summed E-state index contributed by atoms with van der Waals surface area (Å²) in [5.74, 6) is 0.173. The van der Waals surface area contributed by atoms with Gasteiger partial charge in [-0.1, -0.05) is 6.42 Å². The van der Waals surface area contributed by atoms with Crippen LogP contribution in [0.1, 0.15) is 24.8 Å². The number of anilines is 1. The number of aliphatic hydroxyl groups is 1. The third-order valence-corrected chi connectivity index (χ3v) is 3.74. The number of hydrogen-bond acceptors (Lipinski definition) is 3. The molecule has 0 radical (unpaired) electrons. The molecular weight excluding hydrogens is 254 g/mol. The lowest BCUT2D eigenvalue weighted by Crippen LogP contribution is -2.37. The van der Waals surface area contributed by atoms with Gasteiger partial charge in [0.2, 0.25) is 0 Å². The molecule has 0 aliphatic heterocycles. The summed E-state index contributed by atoms with van der Waals surface area (Å²) < 4.78 is 0. The van der Waals surface area contributed by atoms with Gasteiger partial charge in [0.1, 0.15) is 0 Å². The van der Waals surface area contributed by atoms with Crippen LogP contribution in [-0.2, 0) is 0 Å². The van der Waals surface area contributed by atoms with Gasteiger partial charge in [-0.15, -0.1) is 0 Å². The molecule has 0 spiro atoms. The Morgan fingerprint density at radius 3 is 2.70 bits per heavy atom. The fourth-order valence-electron chi connectivity index (χ4n) is 2.51. The summed E-state index contributed by atoms with van der Waals surface area (Å²) in [6.07, 6.45) is 2.53. The molecule has 1 aromatic rings. The summed E-state index contributed by atoms with van der Waals surface area (Å²) in [6.45, 7) is 0.559. The van der Waals surface area contributed by atoms with Crippen molar-refractivity contribution in [3.63, 3.8) is 0 Å². The first-order valence-corrected chi connectivity index (χ1v) is 6.80. The molecule has 1 aromatic carbocycles. The fourth-order valence-corrected chi connectivity index (χ4v) is 2.51. The lowest BCUT2D eigenvalue weighted by molar-refractivity contribution is 0.116. The SMILES string of the molecule is CN(CC1CCCC1O)C(=O)Nc1ccc(C#N)cc1. The van der Waals surface area contributed by atoms with E-state index in [0.29, 0.717) is 17.8 Å². The number of carbonyl (C=O) groups excluding carboxylic acids is 1. The highest BCUT2D eigenvalue weighted by molar-refractivity contribution is 5.89. The molecule has 1 fully saturated rings. The van der Waals surface area contributed by atoms with Gasteiger partial charge in [0.15, 0.2) is 0 Å². The topological polar surface area (TPSA) is 76.4 Å². The van der Waals surface area contributed by atoms with Gasteiger partial charge in [-0.25, -0.2) is 4.79 Å². The van der Waals surface area contributed by atoms with E-state index < -0.39 is 0 Å². The highest BCUT2D eigenvalue weighted by Gasteiger charge is 2.27. The zero-order chi connectivity index (χ0) is 14.5. The van der Waals surface area contributed by atoms with E-state index in [1.807, 2.05) is 6.07 Å². The van der Waals surface area contributed by atoms with E-state index in [4.69, 9.17) is 5.26 Å². The van der Waals surface area contributed by atoms with Crippen LogP contribution >= 0.6 is 0 Å². The van der Waals surface area contributed by atoms with Gasteiger partial charge in [0, 0.05) is 25.2 Å². The largest absolute Gasteiger partial charge is 0.393 e. The minimum Gasteiger partial charge on any atom is -0.393 e. The number of rotatable bonds is 3. The van der Waals surface area contributed by atoms with Gasteiger partial charge < -0.3 is 15.3 Å². The van der Waals surface area contributed by atoms with Crippen LogP contribution in [0.2, 0.25) is 0 Å². The van der Waals surface area contributed by atoms with Crippen LogP contribution in [0.4, 0.5) is 10.5 Å². The van der Waals surface area contributed by atoms with Crippen molar-refractivity contribution >= 4 is 11.7 Å². The van der Waals surface area contributed by atoms with Crippen molar-refractivity contribution in [3.05, 3.63) is 29.8 Å². The molecule has 2 unspecified atom stereocenters. The van der Waals surface area contributed by atoms with Crippen molar-refractivity contribution in [1.82, 2.24) is 4.90 Å². The molecule has 1 aliphatic rings. The molecule has 1 aliphatic carbocycles. The fraction of sp³-hybridized carbons (Fsp3) is 0.467. The Labute approximate surface area is 118 Å². The smallest absolute Gasteiger partial charge is 0.321 e. The molecule has 2 N–H and O–H groups in total. The van der Waals surface area contributed by atoms with Gasteiger partial charge >= 0.3 is 6.03 Å². The Balaban J connectivity index is 1.88. The summed E-state index contributed by atoms with van der Waals surface area (Å²) in [5, 5.41) is 21.3. The quantitative estimate of drug-likeness (QED) is 0.886. The molecule has 0 aromatic heterocycles. The van der Waals surface area contributed by atoms with Crippen molar-refractivity contribution < 1.29 is 9.90 Å². The lowest BCUT2D eigenvalue weighted by atomic mass is 10.1. The van der Waals surface area contributed by atoms with E-state index in [1.165, 1.54) is 0 Å². The second-order valence-electron chi connectivity index (χ2n) is 5.26. The Kier molecular flexibility index (Phi) is 4.59.